The molecule has 3 aliphatic rings. The predicted octanol–water partition coefficient (Wildman–Crippen LogP) is 4.09. The highest BCUT2D eigenvalue weighted by Gasteiger charge is 2.33. The molecule has 0 spiro atoms. The fourth-order valence-electron chi connectivity index (χ4n) is 6.40. The zero-order valence-electron chi connectivity index (χ0n) is 24.6. The molecule has 2 aliphatic heterocycles. The summed E-state index contributed by atoms with van der Waals surface area (Å²) in [6, 6.07) is 16.0. The molecule has 218 valence electrons. The van der Waals surface area contributed by atoms with E-state index in [4.69, 9.17) is 14.7 Å². The van der Waals surface area contributed by atoms with Crippen molar-refractivity contribution < 1.29 is 9.53 Å². The molecule has 1 atom stereocenters. The minimum Gasteiger partial charge on any atom is -0.462 e. The number of ether oxygens (including phenoxy) is 1. The van der Waals surface area contributed by atoms with Gasteiger partial charge in [0.25, 0.3) is 0 Å². The summed E-state index contributed by atoms with van der Waals surface area (Å²) in [5, 5.41) is 12.0. The summed E-state index contributed by atoms with van der Waals surface area (Å²) in [6.07, 6.45) is 4.90. The standard InChI is InChI=1S/C33H39N7O2/c1-4-30(41)40-18-17-39(21-26(40)13-15-34)32-27-14-16-38(29-10-6-9-24-8-5-7-23(2)31(24)29)22-28(27)35-33(36-32)42-20-19-37(3)25-11-12-25/h4-10,25-26H,1,11-14,16-22H2,2-3H3. The first-order valence-electron chi connectivity index (χ1n) is 15.0. The monoisotopic (exact) mass is 565 g/mol. The van der Waals surface area contributed by atoms with Gasteiger partial charge in [0.15, 0.2) is 0 Å². The van der Waals surface area contributed by atoms with Gasteiger partial charge in [0.1, 0.15) is 12.4 Å². The number of amides is 1. The third-order valence-corrected chi connectivity index (χ3v) is 8.87. The first kappa shape index (κ1) is 28.0. The lowest BCUT2D eigenvalue weighted by molar-refractivity contribution is -0.128. The molecule has 1 aromatic heterocycles. The van der Waals surface area contributed by atoms with Crippen LogP contribution in [0.2, 0.25) is 0 Å². The molecule has 9 heteroatoms. The van der Waals surface area contributed by atoms with Crippen molar-refractivity contribution in [3.8, 4) is 12.1 Å². The van der Waals surface area contributed by atoms with E-state index in [1.807, 2.05) is 0 Å². The van der Waals surface area contributed by atoms with Crippen LogP contribution in [0.1, 0.15) is 36.1 Å². The Morgan fingerprint density at radius 3 is 2.74 bits per heavy atom. The van der Waals surface area contributed by atoms with E-state index in [2.05, 4.69) is 77.7 Å². The summed E-state index contributed by atoms with van der Waals surface area (Å²) in [5.41, 5.74) is 4.58. The summed E-state index contributed by atoms with van der Waals surface area (Å²) in [5.74, 6) is 0.734. The third kappa shape index (κ3) is 5.64. The second-order valence-corrected chi connectivity index (χ2v) is 11.6. The zero-order valence-corrected chi connectivity index (χ0v) is 24.6. The number of rotatable bonds is 9. The molecule has 3 heterocycles. The highest BCUT2D eigenvalue weighted by Crippen LogP contribution is 2.36. The van der Waals surface area contributed by atoms with Crippen LogP contribution in [0.5, 0.6) is 6.01 Å². The van der Waals surface area contributed by atoms with Gasteiger partial charge in [0, 0.05) is 55.4 Å². The van der Waals surface area contributed by atoms with Gasteiger partial charge in [0.05, 0.1) is 30.8 Å². The number of carbonyl (C=O) groups excluding carboxylic acids is 1. The van der Waals surface area contributed by atoms with Crippen LogP contribution >= 0.6 is 0 Å². The summed E-state index contributed by atoms with van der Waals surface area (Å²) in [6.45, 7) is 10.4. The van der Waals surface area contributed by atoms with Crippen LogP contribution in [0.4, 0.5) is 11.5 Å². The van der Waals surface area contributed by atoms with Gasteiger partial charge in [-0.05, 0) is 56.3 Å². The smallest absolute Gasteiger partial charge is 0.318 e. The Hall–Kier alpha value is -4.16. The molecule has 1 aliphatic carbocycles. The number of fused-ring (bicyclic) bond motifs is 2. The normalized spacial score (nSPS) is 18.6. The molecule has 6 rings (SSSR count). The van der Waals surface area contributed by atoms with Gasteiger partial charge < -0.3 is 24.3 Å². The van der Waals surface area contributed by atoms with Gasteiger partial charge in [0.2, 0.25) is 5.91 Å². The van der Waals surface area contributed by atoms with E-state index >= 15 is 0 Å². The lowest BCUT2D eigenvalue weighted by Gasteiger charge is -2.42. The Kier molecular flexibility index (Phi) is 7.98. The quantitative estimate of drug-likeness (QED) is 0.359. The number of aromatic nitrogens is 2. The van der Waals surface area contributed by atoms with Gasteiger partial charge in [-0.25, -0.2) is 0 Å². The zero-order chi connectivity index (χ0) is 29.2. The Bertz CT molecular complexity index is 1520. The Morgan fingerprint density at radius 1 is 1.17 bits per heavy atom. The molecule has 0 radical (unpaired) electrons. The molecular formula is C33H39N7O2. The largest absolute Gasteiger partial charge is 0.462 e. The Morgan fingerprint density at radius 2 is 1.98 bits per heavy atom. The maximum absolute atomic E-state index is 12.5. The maximum Gasteiger partial charge on any atom is 0.318 e. The van der Waals surface area contributed by atoms with E-state index in [9.17, 15) is 10.1 Å². The van der Waals surface area contributed by atoms with Crippen LogP contribution in [0.25, 0.3) is 10.8 Å². The highest BCUT2D eigenvalue weighted by atomic mass is 16.5. The van der Waals surface area contributed by atoms with Crippen LogP contribution in [0, 0.1) is 18.3 Å². The summed E-state index contributed by atoms with van der Waals surface area (Å²) >= 11 is 0. The van der Waals surface area contributed by atoms with Crippen molar-refractivity contribution in [3.05, 3.63) is 65.9 Å². The van der Waals surface area contributed by atoms with Crippen LogP contribution < -0.4 is 14.5 Å². The lowest BCUT2D eigenvalue weighted by Crippen LogP contribution is -2.55. The SMILES string of the molecule is C=CC(=O)N1CCN(c2nc(OCCN(C)C3CC3)nc3c2CCN(c2cccc4cccc(C)c24)C3)CC1CC#N. The van der Waals surface area contributed by atoms with Gasteiger partial charge in [-0.1, -0.05) is 36.9 Å². The van der Waals surface area contributed by atoms with Gasteiger partial charge in [-0.15, -0.1) is 0 Å². The minimum atomic E-state index is -0.227. The minimum absolute atomic E-state index is 0.135. The predicted molar refractivity (Wildman–Crippen MR) is 165 cm³/mol. The van der Waals surface area contributed by atoms with Gasteiger partial charge in [-0.2, -0.15) is 15.2 Å². The van der Waals surface area contributed by atoms with Gasteiger partial charge in [-0.3, -0.25) is 4.79 Å². The van der Waals surface area contributed by atoms with Crippen molar-refractivity contribution in [2.75, 3.05) is 56.2 Å². The number of anilines is 2. The maximum atomic E-state index is 12.5. The molecule has 0 N–H and O–H groups in total. The molecule has 1 unspecified atom stereocenters. The van der Waals surface area contributed by atoms with Crippen molar-refractivity contribution >= 4 is 28.2 Å². The fourth-order valence-corrected chi connectivity index (χ4v) is 6.40. The van der Waals surface area contributed by atoms with Crippen LogP contribution in [0.3, 0.4) is 0 Å². The molecule has 1 amide bonds. The van der Waals surface area contributed by atoms with Gasteiger partial charge >= 0.3 is 6.01 Å². The first-order chi connectivity index (χ1) is 20.5. The Labute approximate surface area is 248 Å². The highest BCUT2D eigenvalue weighted by molar-refractivity contribution is 5.97. The Balaban J connectivity index is 1.31. The van der Waals surface area contributed by atoms with Crippen molar-refractivity contribution in [3.63, 3.8) is 0 Å². The summed E-state index contributed by atoms with van der Waals surface area (Å²) in [7, 11) is 2.14. The van der Waals surface area contributed by atoms with Crippen LogP contribution in [0.15, 0.2) is 49.1 Å². The summed E-state index contributed by atoms with van der Waals surface area (Å²) in [4.78, 5) is 31.2. The number of likely N-dealkylation sites (N-methyl/N-ethyl adjacent to an activating group) is 1. The number of nitrogens with zero attached hydrogens (tertiary/aromatic N) is 7. The molecule has 9 nitrogen and oxygen atoms in total. The lowest BCUT2D eigenvalue weighted by atomic mass is 9.99. The van der Waals surface area contributed by atoms with E-state index in [1.165, 1.54) is 40.9 Å². The molecule has 2 aromatic carbocycles. The number of hydrogen-bond acceptors (Lipinski definition) is 8. The van der Waals surface area contributed by atoms with Crippen molar-refractivity contribution in [2.24, 2.45) is 0 Å². The van der Waals surface area contributed by atoms with E-state index in [1.54, 1.807) is 4.90 Å². The van der Waals surface area contributed by atoms with Crippen molar-refractivity contribution in [2.45, 2.75) is 51.2 Å². The number of piperazine rings is 1. The number of benzene rings is 2. The second-order valence-electron chi connectivity index (χ2n) is 11.6. The van der Waals surface area contributed by atoms with Crippen LogP contribution in [-0.2, 0) is 17.8 Å². The van der Waals surface area contributed by atoms with E-state index in [-0.39, 0.29) is 18.4 Å². The molecule has 3 aromatic rings. The fraction of sp³-hybridized carbons (Fsp3) is 0.455. The van der Waals surface area contributed by atoms with E-state index in [0.717, 1.165) is 36.6 Å². The van der Waals surface area contributed by atoms with E-state index < -0.39 is 0 Å². The second kappa shape index (κ2) is 12.0. The topological polar surface area (TPSA) is 88.8 Å². The van der Waals surface area contributed by atoms with Crippen molar-refractivity contribution in [1.82, 2.24) is 19.8 Å². The number of carbonyl (C=O) groups is 1. The first-order valence-corrected chi connectivity index (χ1v) is 15.0. The summed E-state index contributed by atoms with van der Waals surface area (Å²) < 4.78 is 6.19. The average molecular weight is 566 g/mol. The number of aryl methyl sites for hydroxylation is 1. The number of nitriles is 1. The van der Waals surface area contributed by atoms with Crippen LogP contribution in [-0.4, -0.2) is 84.1 Å². The molecule has 2 fully saturated rings. The molecule has 1 saturated carbocycles. The molecule has 0 bridgehead atoms. The number of hydrogen-bond donors (Lipinski definition) is 0. The van der Waals surface area contributed by atoms with E-state index in [0.29, 0.717) is 44.8 Å². The average Bonchev–Trinajstić information content (AvgIpc) is 3.86. The third-order valence-electron chi connectivity index (χ3n) is 8.87. The molecule has 1 saturated heterocycles. The molecular weight excluding hydrogens is 526 g/mol. The van der Waals surface area contributed by atoms with Crippen molar-refractivity contribution in [1.29, 1.82) is 5.26 Å². The molecule has 42 heavy (non-hydrogen) atoms.